The number of likely N-dealkylation sites (tertiary alicyclic amines) is 1. The molecule has 0 N–H and O–H groups in total. The van der Waals surface area contributed by atoms with E-state index in [1.165, 1.54) is 25.7 Å². The van der Waals surface area contributed by atoms with Crippen LogP contribution in [0, 0.1) is 11.8 Å². The minimum atomic E-state index is -0.000187. The molecule has 138 valence electrons. The molecule has 1 unspecified atom stereocenters. The largest absolute Gasteiger partial charge is 0.381 e. The Hall–Kier alpha value is -0.810. The molecule has 5 nitrogen and oxygen atoms in total. The summed E-state index contributed by atoms with van der Waals surface area (Å²) in [7, 11) is 3.65. The Morgan fingerprint density at radius 3 is 2.58 bits per heavy atom. The number of ether oxygens (including phenoxy) is 2. The highest BCUT2D eigenvalue weighted by molar-refractivity contribution is 5.73. The molecule has 1 spiro atoms. The van der Waals surface area contributed by atoms with Crippen molar-refractivity contribution in [2.24, 2.45) is 11.8 Å². The van der Waals surface area contributed by atoms with Crippen LogP contribution in [0.5, 0.6) is 0 Å². The Bertz CT molecular complexity index is 413. The zero-order valence-electron chi connectivity index (χ0n) is 15.5. The van der Waals surface area contributed by atoms with E-state index in [2.05, 4.69) is 0 Å². The van der Waals surface area contributed by atoms with Crippen molar-refractivity contribution >= 4 is 6.03 Å². The molecule has 0 bridgehead atoms. The number of rotatable bonds is 5. The Kier molecular flexibility index (Phi) is 6.03. The topological polar surface area (TPSA) is 42.0 Å². The molecule has 5 heteroatoms. The Morgan fingerprint density at radius 1 is 1.21 bits per heavy atom. The number of carbonyl (C=O) groups excluding carboxylic acids is 1. The van der Waals surface area contributed by atoms with E-state index in [1.807, 2.05) is 19.0 Å². The molecule has 0 radical (unpaired) electrons. The van der Waals surface area contributed by atoms with Gasteiger partial charge in [0, 0.05) is 47.0 Å². The predicted molar refractivity (Wildman–Crippen MR) is 94.1 cm³/mol. The number of amides is 2. The van der Waals surface area contributed by atoms with E-state index >= 15 is 0 Å². The Balaban J connectivity index is 1.42. The molecule has 0 aromatic carbocycles. The fourth-order valence-electron chi connectivity index (χ4n) is 4.76. The van der Waals surface area contributed by atoms with Gasteiger partial charge in [-0.1, -0.05) is 12.8 Å². The molecule has 2 amide bonds. The quantitative estimate of drug-likeness (QED) is 0.723. The SMILES string of the molecule is CN(C)C(=O)N1CCC2(CC1)OCCC2CCOCC1CCCC1. The number of nitrogens with zero attached hydrogens (tertiary/aromatic N) is 2. The second-order valence-electron chi connectivity index (χ2n) is 8.08. The van der Waals surface area contributed by atoms with Crippen LogP contribution >= 0.6 is 0 Å². The normalized spacial score (nSPS) is 27.1. The summed E-state index contributed by atoms with van der Waals surface area (Å²) in [5.74, 6) is 1.40. The standard InChI is InChI=1S/C19H34N2O3/c1-20(2)18(22)21-11-9-19(10-12-21)17(8-14-24-19)7-13-23-15-16-5-3-4-6-16/h16-17H,3-15H2,1-2H3. The van der Waals surface area contributed by atoms with Crippen molar-refractivity contribution in [3.63, 3.8) is 0 Å². The summed E-state index contributed by atoms with van der Waals surface area (Å²) < 4.78 is 12.2. The second kappa shape index (κ2) is 8.05. The summed E-state index contributed by atoms with van der Waals surface area (Å²) in [6, 6.07) is 0.124. The van der Waals surface area contributed by atoms with Crippen LogP contribution in [0.15, 0.2) is 0 Å². The Morgan fingerprint density at radius 2 is 1.92 bits per heavy atom. The molecule has 1 saturated carbocycles. The fraction of sp³-hybridized carbons (Fsp3) is 0.947. The van der Waals surface area contributed by atoms with Crippen molar-refractivity contribution in [2.45, 2.75) is 57.0 Å². The molecule has 24 heavy (non-hydrogen) atoms. The highest BCUT2D eigenvalue weighted by Crippen LogP contribution is 2.42. The second-order valence-corrected chi connectivity index (χ2v) is 8.08. The van der Waals surface area contributed by atoms with Gasteiger partial charge in [-0.2, -0.15) is 0 Å². The average Bonchev–Trinajstić information content (AvgIpc) is 3.22. The maximum absolute atomic E-state index is 12.1. The van der Waals surface area contributed by atoms with E-state index in [0.29, 0.717) is 5.92 Å². The van der Waals surface area contributed by atoms with Crippen molar-refractivity contribution in [3.05, 3.63) is 0 Å². The minimum absolute atomic E-state index is 0.000187. The van der Waals surface area contributed by atoms with Crippen LogP contribution in [-0.4, -0.2) is 68.4 Å². The molecule has 2 aliphatic heterocycles. The number of hydrogen-bond donors (Lipinski definition) is 0. The first kappa shape index (κ1) is 18.0. The summed E-state index contributed by atoms with van der Waals surface area (Å²) in [5.41, 5.74) is -0.000187. The molecule has 0 aromatic heterocycles. The monoisotopic (exact) mass is 338 g/mol. The van der Waals surface area contributed by atoms with Crippen LogP contribution < -0.4 is 0 Å². The summed E-state index contributed by atoms with van der Waals surface area (Å²) in [4.78, 5) is 15.7. The van der Waals surface area contributed by atoms with Crippen molar-refractivity contribution < 1.29 is 14.3 Å². The predicted octanol–water partition coefficient (Wildman–Crippen LogP) is 3.14. The smallest absolute Gasteiger partial charge is 0.319 e. The zero-order chi connectivity index (χ0) is 17.0. The third-order valence-electron chi connectivity index (χ3n) is 6.30. The van der Waals surface area contributed by atoms with Crippen LogP contribution in [0.4, 0.5) is 4.79 Å². The Labute approximate surface area is 146 Å². The first-order chi connectivity index (χ1) is 11.6. The van der Waals surface area contributed by atoms with Crippen LogP contribution in [0.25, 0.3) is 0 Å². The first-order valence-corrected chi connectivity index (χ1v) is 9.79. The van der Waals surface area contributed by atoms with E-state index in [0.717, 1.165) is 64.5 Å². The lowest BCUT2D eigenvalue weighted by Crippen LogP contribution is -2.51. The fourth-order valence-corrected chi connectivity index (χ4v) is 4.76. The van der Waals surface area contributed by atoms with Crippen molar-refractivity contribution in [1.29, 1.82) is 0 Å². The van der Waals surface area contributed by atoms with Crippen LogP contribution in [0.1, 0.15) is 51.4 Å². The lowest BCUT2D eigenvalue weighted by atomic mass is 9.78. The molecule has 1 atom stereocenters. The van der Waals surface area contributed by atoms with E-state index < -0.39 is 0 Å². The van der Waals surface area contributed by atoms with Gasteiger partial charge in [0.05, 0.1) is 5.60 Å². The number of hydrogen-bond acceptors (Lipinski definition) is 3. The van der Waals surface area contributed by atoms with Crippen LogP contribution in [0.2, 0.25) is 0 Å². The molecule has 3 rings (SSSR count). The molecular formula is C19H34N2O3. The number of urea groups is 1. The van der Waals surface area contributed by atoms with Gasteiger partial charge in [-0.25, -0.2) is 4.79 Å². The van der Waals surface area contributed by atoms with E-state index in [1.54, 1.807) is 4.90 Å². The van der Waals surface area contributed by atoms with Crippen molar-refractivity contribution in [1.82, 2.24) is 9.80 Å². The summed E-state index contributed by atoms with van der Waals surface area (Å²) in [6.45, 7) is 4.32. The number of carbonyl (C=O) groups is 1. The van der Waals surface area contributed by atoms with Crippen LogP contribution in [-0.2, 0) is 9.47 Å². The zero-order valence-corrected chi connectivity index (χ0v) is 15.5. The lowest BCUT2D eigenvalue weighted by Gasteiger charge is -2.42. The third-order valence-corrected chi connectivity index (χ3v) is 6.30. The van der Waals surface area contributed by atoms with Gasteiger partial charge in [0.1, 0.15) is 0 Å². The van der Waals surface area contributed by atoms with E-state index in [9.17, 15) is 4.79 Å². The molecule has 2 saturated heterocycles. The average molecular weight is 338 g/mol. The van der Waals surface area contributed by atoms with Gasteiger partial charge in [-0.05, 0) is 50.4 Å². The van der Waals surface area contributed by atoms with Gasteiger partial charge in [0.2, 0.25) is 0 Å². The van der Waals surface area contributed by atoms with Gasteiger partial charge >= 0.3 is 6.03 Å². The molecule has 1 aliphatic carbocycles. The van der Waals surface area contributed by atoms with E-state index in [4.69, 9.17) is 9.47 Å². The minimum Gasteiger partial charge on any atom is -0.381 e. The van der Waals surface area contributed by atoms with E-state index in [-0.39, 0.29) is 11.6 Å². The summed E-state index contributed by atoms with van der Waals surface area (Å²) >= 11 is 0. The lowest BCUT2D eigenvalue weighted by molar-refractivity contribution is -0.0671. The molecule has 3 aliphatic rings. The van der Waals surface area contributed by atoms with Gasteiger partial charge in [0.15, 0.2) is 0 Å². The van der Waals surface area contributed by atoms with Crippen LogP contribution in [0.3, 0.4) is 0 Å². The maximum Gasteiger partial charge on any atom is 0.319 e. The van der Waals surface area contributed by atoms with Gasteiger partial charge in [-0.15, -0.1) is 0 Å². The summed E-state index contributed by atoms with van der Waals surface area (Å²) in [6.07, 6.45) is 9.67. The molecule has 3 fully saturated rings. The highest BCUT2D eigenvalue weighted by Gasteiger charge is 2.46. The molecule has 2 heterocycles. The third kappa shape index (κ3) is 4.05. The first-order valence-electron chi connectivity index (χ1n) is 9.79. The van der Waals surface area contributed by atoms with Gasteiger partial charge < -0.3 is 19.3 Å². The molecular weight excluding hydrogens is 304 g/mol. The van der Waals surface area contributed by atoms with Crippen molar-refractivity contribution in [3.8, 4) is 0 Å². The number of piperidine rings is 1. The summed E-state index contributed by atoms with van der Waals surface area (Å²) in [5, 5.41) is 0. The maximum atomic E-state index is 12.1. The van der Waals surface area contributed by atoms with Gasteiger partial charge in [0.25, 0.3) is 0 Å². The van der Waals surface area contributed by atoms with Gasteiger partial charge in [-0.3, -0.25) is 0 Å². The highest BCUT2D eigenvalue weighted by atomic mass is 16.5. The van der Waals surface area contributed by atoms with Crippen molar-refractivity contribution in [2.75, 3.05) is 47.0 Å². The molecule has 0 aromatic rings.